The first-order chi connectivity index (χ1) is 14.4. The first-order valence-corrected chi connectivity index (χ1v) is 11.5. The first kappa shape index (κ1) is 23.9. The van der Waals surface area contributed by atoms with Gasteiger partial charge in [-0.05, 0) is 48.4 Å². The highest BCUT2D eigenvalue weighted by atomic mass is 32.2. The summed E-state index contributed by atoms with van der Waals surface area (Å²) >= 11 is 0. The Balaban J connectivity index is 1.58. The summed E-state index contributed by atoms with van der Waals surface area (Å²) in [6.45, 7) is 2.22. The van der Waals surface area contributed by atoms with E-state index in [-0.39, 0.29) is 6.61 Å². The van der Waals surface area contributed by atoms with Crippen LogP contribution in [0.4, 0.5) is 5.69 Å². The molecule has 0 amide bonds. The van der Waals surface area contributed by atoms with Crippen LogP contribution in [0.3, 0.4) is 0 Å². The van der Waals surface area contributed by atoms with Crippen LogP contribution in [0.5, 0.6) is 11.5 Å². The highest BCUT2D eigenvalue weighted by Gasteiger charge is 2.06. The van der Waals surface area contributed by atoms with Crippen LogP contribution in [0.15, 0.2) is 48.5 Å². The van der Waals surface area contributed by atoms with E-state index in [1.807, 2.05) is 24.3 Å². The fourth-order valence-electron chi connectivity index (χ4n) is 2.57. The van der Waals surface area contributed by atoms with Crippen LogP contribution >= 0.6 is 0 Å². The smallest absolute Gasteiger partial charge is 0.229 e. The third kappa shape index (κ3) is 9.93. The summed E-state index contributed by atoms with van der Waals surface area (Å²) in [4.78, 5) is 0. The number of aliphatic hydroxyl groups excluding tert-OH is 1. The summed E-state index contributed by atoms with van der Waals surface area (Å²) in [5.74, 6) is 1.35. The standard InChI is InChI=1S/C21H30N2O6S/c1-27-13-11-17-3-7-21(8-4-17)29-16-19(24)15-22-12-14-28-20-9-5-18(6-10-20)23-30(2,25)26/h3-10,19,22-24H,11-16H2,1-2H3. The van der Waals surface area contributed by atoms with Crippen molar-refractivity contribution in [2.24, 2.45) is 0 Å². The first-order valence-electron chi connectivity index (χ1n) is 9.66. The summed E-state index contributed by atoms with van der Waals surface area (Å²) < 4.78 is 41.0. The van der Waals surface area contributed by atoms with Gasteiger partial charge in [-0.3, -0.25) is 4.72 Å². The molecule has 0 radical (unpaired) electrons. The predicted molar refractivity (Wildman–Crippen MR) is 117 cm³/mol. The van der Waals surface area contributed by atoms with Crippen molar-refractivity contribution in [2.75, 3.05) is 51.0 Å². The Kier molecular flexibility index (Phi) is 9.88. The summed E-state index contributed by atoms with van der Waals surface area (Å²) in [6.07, 6.45) is 1.31. The molecule has 166 valence electrons. The van der Waals surface area contributed by atoms with Crippen LogP contribution in [0.25, 0.3) is 0 Å². The number of methoxy groups -OCH3 is 1. The maximum atomic E-state index is 11.2. The lowest BCUT2D eigenvalue weighted by Gasteiger charge is -2.14. The topological polar surface area (TPSA) is 106 Å². The molecule has 0 saturated carbocycles. The van der Waals surface area contributed by atoms with Crippen molar-refractivity contribution in [3.63, 3.8) is 0 Å². The van der Waals surface area contributed by atoms with Crippen molar-refractivity contribution in [1.82, 2.24) is 5.32 Å². The molecule has 2 aromatic rings. The van der Waals surface area contributed by atoms with Gasteiger partial charge in [-0.15, -0.1) is 0 Å². The van der Waals surface area contributed by atoms with Crippen LogP contribution in [-0.2, 0) is 21.2 Å². The molecule has 8 nitrogen and oxygen atoms in total. The van der Waals surface area contributed by atoms with E-state index >= 15 is 0 Å². The van der Waals surface area contributed by atoms with Gasteiger partial charge in [-0.25, -0.2) is 8.42 Å². The Morgan fingerprint density at radius 3 is 2.23 bits per heavy atom. The van der Waals surface area contributed by atoms with Gasteiger partial charge in [0.05, 0.1) is 12.9 Å². The molecule has 9 heteroatoms. The second kappa shape index (κ2) is 12.4. The Bertz CT molecular complexity index is 841. The number of anilines is 1. The van der Waals surface area contributed by atoms with Gasteiger partial charge in [-0.1, -0.05) is 12.1 Å². The number of nitrogens with one attached hydrogen (secondary N) is 2. The van der Waals surface area contributed by atoms with Crippen molar-refractivity contribution >= 4 is 15.7 Å². The Morgan fingerprint density at radius 2 is 1.60 bits per heavy atom. The van der Waals surface area contributed by atoms with Crippen LogP contribution in [0, 0.1) is 0 Å². The van der Waals surface area contributed by atoms with Gasteiger partial charge in [0.2, 0.25) is 10.0 Å². The Morgan fingerprint density at radius 1 is 0.967 bits per heavy atom. The molecule has 0 aromatic heterocycles. The average Bonchev–Trinajstić information content (AvgIpc) is 2.71. The molecule has 1 unspecified atom stereocenters. The van der Waals surface area contributed by atoms with Gasteiger partial charge >= 0.3 is 0 Å². The molecule has 0 saturated heterocycles. The highest BCUT2D eigenvalue weighted by Crippen LogP contribution is 2.16. The van der Waals surface area contributed by atoms with Gasteiger partial charge in [0.25, 0.3) is 0 Å². The molecule has 0 spiro atoms. The molecule has 30 heavy (non-hydrogen) atoms. The Hall–Kier alpha value is -2.33. The molecule has 1 atom stereocenters. The summed E-state index contributed by atoms with van der Waals surface area (Å²) in [5.41, 5.74) is 1.66. The quantitative estimate of drug-likeness (QED) is 0.385. The van der Waals surface area contributed by atoms with Crippen LogP contribution in [-0.4, -0.2) is 65.9 Å². The van der Waals surface area contributed by atoms with Gasteiger partial charge < -0.3 is 24.6 Å². The number of aliphatic hydroxyl groups is 1. The normalized spacial score (nSPS) is 12.4. The number of benzene rings is 2. The number of hydrogen-bond donors (Lipinski definition) is 3. The van der Waals surface area contributed by atoms with E-state index < -0.39 is 16.1 Å². The van der Waals surface area contributed by atoms with Crippen molar-refractivity contribution in [3.05, 3.63) is 54.1 Å². The fourth-order valence-corrected chi connectivity index (χ4v) is 3.13. The van der Waals surface area contributed by atoms with Crippen LogP contribution < -0.4 is 19.5 Å². The van der Waals surface area contributed by atoms with Crippen LogP contribution in [0.2, 0.25) is 0 Å². The second-order valence-corrected chi connectivity index (χ2v) is 8.55. The lowest BCUT2D eigenvalue weighted by Crippen LogP contribution is -2.33. The van der Waals surface area contributed by atoms with Gasteiger partial charge in [-0.2, -0.15) is 0 Å². The van der Waals surface area contributed by atoms with E-state index in [4.69, 9.17) is 14.2 Å². The van der Waals surface area contributed by atoms with E-state index in [2.05, 4.69) is 10.0 Å². The largest absolute Gasteiger partial charge is 0.492 e. The minimum absolute atomic E-state index is 0.195. The summed E-state index contributed by atoms with van der Waals surface area (Å²) in [5, 5.41) is 13.1. The molecule has 0 bridgehead atoms. The van der Waals surface area contributed by atoms with Crippen molar-refractivity contribution < 1.29 is 27.7 Å². The summed E-state index contributed by atoms with van der Waals surface area (Å²) in [7, 11) is -1.61. The van der Waals surface area contributed by atoms with Crippen LogP contribution in [0.1, 0.15) is 5.56 Å². The van der Waals surface area contributed by atoms with E-state index in [0.717, 1.165) is 12.7 Å². The maximum absolute atomic E-state index is 11.2. The third-order valence-corrected chi connectivity index (χ3v) is 4.65. The van der Waals surface area contributed by atoms with Crippen molar-refractivity contribution in [3.8, 4) is 11.5 Å². The molecule has 3 N–H and O–H groups in total. The molecule has 2 aromatic carbocycles. The third-order valence-electron chi connectivity index (χ3n) is 4.05. The molecule has 0 fully saturated rings. The molecule has 0 aliphatic carbocycles. The number of sulfonamides is 1. The average molecular weight is 439 g/mol. The molecule has 0 aliphatic heterocycles. The summed E-state index contributed by atoms with van der Waals surface area (Å²) in [6, 6.07) is 14.4. The SMILES string of the molecule is COCCc1ccc(OCC(O)CNCCOc2ccc(NS(C)(=O)=O)cc2)cc1. The Labute approximate surface area is 178 Å². The van der Waals surface area contributed by atoms with E-state index in [1.54, 1.807) is 31.4 Å². The highest BCUT2D eigenvalue weighted by molar-refractivity contribution is 7.92. The zero-order valence-electron chi connectivity index (χ0n) is 17.3. The molecular formula is C21H30N2O6S. The lowest BCUT2D eigenvalue weighted by molar-refractivity contribution is 0.105. The minimum Gasteiger partial charge on any atom is -0.492 e. The molecule has 0 aliphatic rings. The second-order valence-electron chi connectivity index (χ2n) is 6.80. The van der Waals surface area contributed by atoms with E-state index in [9.17, 15) is 13.5 Å². The maximum Gasteiger partial charge on any atom is 0.229 e. The van der Waals surface area contributed by atoms with Crippen molar-refractivity contribution in [1.29, 1.82) is 0 Å². The van der Waals surface area contributed by atoms with E-state index in [0.29, 0.717) is 43.5 Å². The van der Waals surface area contributed by atoms with Gasteiger partial charge in [0.1, 0.15) is 30.8 Å². The fraction of sp³-hybridized carbons (Fsp3) is 0.429. The van der Waals surface area contributed by atoms with Gasteiger partial charge in [0.15, 0.2) is 0 Å². The van der Waals surface area contributed by atoms with Gasteiger partial charge in [0, 0.05) is 25.9 Å². The monoisotopic (exact) mass is 438 g/mol. The molecular weight excluding hydrogens is 408 g/mol. The predicted octanol–water partition coefficient (Wildman–Crippen LogP) is 1.66. The number of hydrogen-bond acceptors (Lipinski definition) is 7. The number of rotatable bonds is 14. The molecule has 0 heterocycles. The zero-order valence-corrected chi connectivity index (χ0v) is 18.2. The minimum atomic E-state index is -3.29. The zero-order chi connectivity index (χ0) is 21.8. The number of ether oxygens (including phenoxy) is 3. The molecule has 2 rings (SSSR count). The van der Waals surface area contributed by atoms with E-state index in [1.165, 1.54) is 5.56 Å². The van der Waals surface area contributed by atoms with Crippen molar-refractivity contribution in [2.45, 2.75) is 12.5 Å². The lowest BCUT2D eigenvalue weighted by atomic mass is 10.1.